The van der Waals surface area contributed by atoms with Gasteiger partial charge in [-0.05, 0) is 23.1 Å². The highest BCUT2D eigenvalue weighted by Crippen LogP contribution is 2.26. The third-order valence-corrected chi connectivity index (χ3v) is 4.10. The van der Waals surface area contributed by atoms with Crippen molar-refractivity contribution in [3.63, 3.8) is 0 Å². The molecule has 0 aliphatic rings. The van der Waals surface area contributed by atoms with E-state index in [4.69, 9.17) is 9.15 Å². The summed E-state index contributed by atoms with van der Waals surface area (Å²) in [7, 11) is 3.24. The lowest BCUT2D eigenvalue weighted by Gasteiger charge is -2.02. The number of furan rings is 1. The quantitative estimate of drug-likeness (QED) is 0.785. The summed E-state index contributed by atoms with van der Waals surface area (Å²) in [5.74, 6) is 0.119. The minimum absolute atomic E-state index is 0.205. The molecule has 0 spiro atoms. The van der Waals surface area contributed by atoms with E-state index in [1.165, 1.54) is 7.11 Å². The zero-order chi connectivity index (χ0) is 15.5. The summed E-state index contributed by atoms with van der Waals surface area (Å²) in [6, 6.07) is 3.95. The minimum atomic E-state index is -0.205. The van der Waals surface area contributed by atoms with Crippen molar-refractivity contribution in [3.8, 4) is 17.0 Å². The Morgan fingerprint density at radius 3 is 3.09 bits per heavy atom. The van der Waals surface area contributed by atoms with Crippen molar-refractivity contribution in [2.45, 2.75) is 6.54 Å². The van der Waals surface area contributed by atoms with Gasteiger partial charge in [0.05, 0.1) is 26.2 Å². The van der Waals surface area contributed by atoms with Gasteiger partial charge in [-0.1, -0.05) is 0 Å². The number of thiophene rings is 1. The lowest BCUT2D eigenvalue weighted by molar-refractivity contribution is 0.0948. The van der Waals surface area contributed by atoms with Crippen LogP contribution in [0.2, 0.25) is 0 Å². The molecule has 0 radical (unpaired) electrons. The Morgan fingerprint density at radius 2 is 2.36 bits per heavy atom. The molecule has 3 rings (SSSR count). The first-order chi connectivity index (χ1) is 10.7. The van der Waals surface area contributed by atoms with Crippen LogP contribution in [0.3, 0.4) is 0 Å². The Hall–Kier alpha value is -2.54. The van der Waals surface area contributed by atoms with Gasteiger partial charge >= 0.3 is 0 Å². The van der Waals surface area contributed by atoms with Gasteiger partial charge in [-0.2, -0.15) is 0 Å². The highest BCUT2D eigenvalue weighted by molar-refractivity contribution is 7.10. The van der Waals surface area contributed by atoms with Crippen molar-refractivity contribution < 1.29 is 13.9 Å². The number of ether oxygens (including phenoxy) is 1. The molecule has 1 amide bonds. The smallest absolute Gasteiger partial charge is 0.258 e. The number of rotatable bonds is 5. The Labute approximate surface area is 131 Å². The summed E-state index contributed by atoms with van der Waals surface area (Å²) in [6.07, 6.45) is 4.98. The van der Waals surface area contributed by atoms with Crippen LogP contribution in [0.1, 0.15) is 15.2 Å². The second-order valence-corrected chi connectivity index (χ2v) is 5.72. The number of amides is 1. The summed E-state index contributed by atoms with van der Waals surface area (Å²) in [4.78, 5) is 13.3. The van der Waals surface area contributed by atoms with Crippen LogP contribution < -0.4 is 10.1 Å². The average molecular weight is 317 g/mol. The molecule has 0 atom stereocenters. The predicted molar refractivity (Wildman–Crippen MR) is 83.0 cm³/mol. The first-order valence-electron chi connectivity index (χ1n) is 6.63. The first-order valence-corrected chi connectivity index (χ1v) is 7.51. The Balaban J connectivity index is 1.66. The lowest BCUT2D eigenvalue weighted by atomic mass is 10.2. The number of hydrogen-bond donors (Lipinski definition) is 1. The number of carbonyl (C=O) groups is 1. The molecule has 3 heterocycles. The molecule has 3 aromatic heterocycles. The zero-order valence-electron chi connectivity index (χ0n) is 12.2. The van der Waals surface area contributed by atoms with Crippen LogP contribution in [0.25, 0.3) is 11.1 Å². The van der Waals surface area contributed by atoms with Crippen molar-refractivity contribution >= 4 is 17.2 Å². The van der Waals surface area contributed by atoms with E-state index in [2.05, 4.69) is 10.4 Å². The second kappa shape index (κ2) is 6.07. The van der Waals surface area contributed by atoms with Crippen molar-refractivity contribution in [2.24, 2.45) is 7.05 Å². The van der Waals surface area contributed by atoms with Crippen molar-refractivity contribution in [2.75, 3.05) is 7.11 Å². The van der Waals surface area contributed by atoms with E-state index in [1.54, 1.807) is 41.8 Å². The molecule has 0 aromatic carbocycles. The molecule has 7 heteroatoms. The maximum atomic E-state index is 12.2. The number of aromatic nitrogens is 2. The molecule has 0 saturated heterocycles. The number of carbonyl (C=O) groups excluding carboxylic acids is 1. The summed E-state index contributed by atoms with van der Waals surface area (Å²) >= 11 is 1.59. The SMILES string of the molecule is COc1nn(C)cc1C(=O)NCc1cc(-c2ccoc2)cs1. The van der Waals surface area contributed by atoms with Crippen molar-refractivity contribution in [3.05, 3.63) is 46.7 Å². The predicted octanol–water partition coefficient (Wildman–Crippen LogP) is 2.68. The average Bonchev–Trinajstić information content (AvgIpc) is 3.24. The number of methoxy groups -OCH3 is 1. The van der Waals surface area contributed by atoms with Crippen LogP contribution >= 0.6 is 11.3 Å². The van der Waals surface area contributed by atoms with E-state index in [0.29, 0.717) is 18.0 Å². The third-order valence-electron chi connectivity index (χ3n) is 3.16. The van der Waals surface area contributed by atoms with Crippen LogP contribution in [0.15, 0.2) is 40.7 Å². The van der Waals surface area contributed by atoms with Gasteiger partial charge < -0.3 is 14.5 Å². The summed E-state index contributed by atoms with van der Waals surface area (Å²) < 4.78 is 11.7. The van der Waals surface area contributed by atoms with Gasteiger partial charge in [-0.3, -0.25) is 9.48 Å². The van der Waals surface area contributed by atoms with Crippen LogP contribution in [-0.4, -0.2) is 22.8 Å². The van der Waals surface area contributed by atoms with E-state index in [9.17, 15) is 4.79 Å². The molecule has 0 unspecified atom stereocenters. The molecule has 3 aromatic rings. The van der Waals surface area contributed by atoms with Gasteiger partial charge in [0.1, 0.15) is 5.56 Å². The van der Waals surface area contributed by atoms with Crippen LogP contribution in [0, 0.1) is 0 Å². The molecule has 0 aliphatic heterocycles. The number of nitrogens with zero attached hydrogens (tertiary/aromatic N) is 2. The van der Waals surface area contributed by atoms with Crippen molar-refractivity contribution in [1.29, 1.82) is 0 Å². The van der Waals surface area contributed by atoms with E-state index in [0.717, 1.165) is 16.0 Å². The molecule has 0 fully saturated rings. The van der Waals surface area contributed by atoms with E-state index < -0.39 is 0 Å². The number of nitrogens with one attached hydrogen (secondary N) is 1. The molecule has 1 N–H and O–H groups in total. The Kier molecular flexibility index (Phi) is 3.97. The second-order valence-electron chi connectivity index (χ2n) is 4.72. The number of hydrogen-bond acceptors (Lipinski definition) is 5. The van der Waals surface area contributed by atoms with E-state index >= 15 is 0 Å². The standard InChI is InChI=1S/C15H15N3O3S/c1-18-7-13(15(17-18)20-2)14(19)16-6-12-5-11(9-22-12)10-3-4-21-8-10/h3-5,7-9H,6H2,1-2H3,(H,16,19). The fraction of sp³-hybridized carbons (Fsp3) is 0.200. The highest BCUT2D eigenvalue weighted by Gasteiger charge is 2.16. The minimum Gasteiger partial charge on any atom is -0.479 e. The van der Waals surface area contributed by atoms with Crippen LogP contribution in [0.4, 0.5) is 0 Å². The van der Waals surface area contributed by atoms with E-state index in [1.807, 2.05) is 17.5 Å². The van der Waals surface area contributed by atoms with Gasteiger partial charge in [-0.15, -0.1) is 16.4 Å². The van der Waals surface area contributed by atoms with Gasteiger partial charge in [0.15, 0.2) is 0 Å². The van der Waals surface area contributed by atoms with Crippen LogP contribution in [0.5, 0.6) is 5.88 Å². The fourth-order valence-corrected chi connectivity index (χ4v) is 2.92. The van der Waals surface area contributed by atoms with Crippen LogP contribution in [-0.2, 0) is 13.6 Å². The monoisotopic (exact) mass is 317 g/mol. The molecular formula is C15H15N3O3S. The fourth-order valence-electron chi connectivity index (χ4n) is 2.09. The van der Waals surface area contributed by atoms with Gasteiger partial charge in [0, 0.05) is 23.7 Å². The summed E-state index contributed by atoms with van der Waals surface area (Å²) in [5.41, 5.74) is 2.54. The van der Waals surface area contributed by atoms with E-state index in [-0.39, 0.29) is 5.91 Å². The normalized spacial score (nSPS) is 10.6. The van der Waals surface area contributed by atoms with Gasteiger partial charge in [-0.25, -0.2) is 0 Å². The molecule has 22 heavy (non-hydrogen) atoms. The maximum absolute atomic E-state index is 12.2. The van der Waals surface area contributed by atoms with Gasteiger partial charge in [0.25, 0.3) is 5.91 Å². The number of aryl methyl sites for hydroxylation is 1. The molecular weight excluding hydrogens is 302 g/mol. The molecule has 6 nitrogen and oxygen atoms in total. The molecule has 114 valence electrons. The summed E-state index contributed by atoms with van der Waals surface area (Å²) in [5, 5.41) is 8.98. The lowest BCUT2D eigenvalue weighted by Crippen LogP contribution is -2.22. The molecule has 0 bridgehead atoms. The Bertz CT molecular complexity index is 774. The Morgan fingerprint density at radius 1 is 1.50 bits per heavy atom. The zero-order valence-corrected chi connectivity index (χ0v) is 13.0. The summed E-state index contributed by atoms with van der Waals surface area (Å²) in [6.45, 7) is 0.458. The molecule has 0 saturated carbocycles. The highest BCUT2D eigenvalue weighted by atomic mass is 32.1. The maximum Gasteiger partial charge on any atom is 0.258 e. The largest absolute Gasteiger partial charge is 0.479 e. The topological polar surface area (TPSA) is 69.3 Å². The van der Waals surface area contributed by atoms with Gasteiger partial charge in [0.2, 0.25) is 5.88 Å². The third kappa shape index (κ3) is 2.89. The molecule has 0 aliphatic carbocycles. The van der Waals surface area contributed by atoms with Crippen molar-refractivity contribution in [1.82, 2.24) is 15.1 Å². The first kappa shape index (κ1) is 14.4.